The van der Waals surface area contributed by atoms with Crippen LogP contribution in [0.5, 0.6) is 0 Å². The number of hydrogen-bond acceptors (Lipinski definition) is 1. The van der Waals surface area contributed by atoms with Crippen LogP contribution in [0.1, 0.15) is 29.7 Å². The van der Waals surface area contributed by atoms with E-state index in [1.807, 2.05) is 38.1 Å². The van der Waals surface area contributed by atoms with Gasteiger partial charge in [-0.25, -0.2) is 4.39 Å². The van der Waals surface area contributed by atoms with Gasteiger partial charge in [-0.1, -0.05) is 48.9 Å². The lowest BCUT2D eigenvalue weighted by molar-refractivity contribution is 0.603. The third-order valence-electron chi connectivity index (χ3n) is 3.12. The quantitative estimate of drug-likeness (QED) is 0.868. The highest BCUT2D eigenvalue weighted by Gasteiger charge is 2.17. The molecule has 0 aromatic heterocycles. The fourth-order valence-electron chi connectivity index (χ4n) is 2.19. The van der Waals surface area contributed by atoms with E-state index in [0.717, 1.165) is 28.3 Å². The second kappa shape index (κ2) is 6.18. The van der Waals surface area contributed by atoms with Crippen molar-refractivity contribution in [2.24, 2.45) is 0 Å². The molecule has 100 valence electrons. The molecule has 0 fully saturated rings. The molecule has 2 aromatic carbocycles. The second-order valence-corrected chi connectivity index (χ2v) is 4.90. The fraction of sp³-hybridized carbons (Fsp3) is 0.250. The summed E-state index contributed by atoms with van der Waals surface area (Å²) in [4.78, 5) is 0. The van der Waals surface area contributed by atoms with Crippen LogP contribution in [0.25, 0.3) is 0 Å². The number of benzene rings is 2. The molecule has 0 aliphatic carbocycles. The average molecular weight is 278 g/mol. The van der Waals surface area contributed by atoms with Crippen molar-refractivity contribution in [2.45, 2.75) is 19.9 Å². The van der Waals surface area contributed by atoms with Crippen molar-refractivity contribution in [3.05, 3.63) is 70.0 Å². The van der Waals surface area contributed by atoms with Gasteiger partial charge in [-0.2, -0.15) is 0 Å². The average Bonchev–Trinajstić information content (AvgIpc) is 2.40. The Hall–Kier alpha value is -1.38. The molecule has 0 heterocycles. The molecule has 0 spiro atoms. The Kier molecular flexibility index (Phi) is 4.56. The highest BCUT2D eigenvalue weighted by Crippen LogP contribution is 2.30. The molecular weight excluding hydrogens is 261 g/mol. The van der Waals surface area contributed by atoms with Crippen LogP contribution < -0.4 is 5.32 Å². The molecule has 0 saturated carbocycles. The van der Waals surface area contributed by atoms with Crippen molar-refractivity contribution >= 4 is 11.6 Å². The van der Waals surface area contributed by atoms with Crippen LogP contribution in [-0.2, 0) is 0 Å². The largest absolute Gasteiger partial charge is 0.306 e. The number of hydrogen-bond donors (Lipinski definition) is 1. The maximum atomic E-state index is 13.4. The van der Waals surface area contributed by atoms with E-state index in [0.29, 0.717) is 0 Å². The standard InChI is InChI=1S/C16H17ClFN/c1-3-19-16(12-7-5-8-13(18)10-12)14-9-4-6-11(2)15(14)17/h4-10,16,19H,3H2,1-2H3. The van der Waals surface area contributed by atoms with Gasteiger partial charge < -0.3 is 5.32 Å². The van der Waals surface area contributed by atoms with Crippen molar-refractivity contribution in [3.8, 4) is 0 Å². The Labute approximate surface area is 118 Å². The van der Waals surface area contributed by atoms with Gasteiger partial charge in [0.1, 0.15) is 5.82 Å². The molecule has 0 bridgehead atoms. The van der Waals surface area contributed by atoms with Gasteiger partial charge in [0.15, 0.2) is 0 Å². The molecule has 3 heteroatoms. The normalized spacial score (nSPS) is 12.4. The monoisotopic (exact) mass is 277 g/mol. The Bertz CT molecular complexity index is 568. The molecule has 1 N–H and O–H groups in total. The Morgan fingerprint density at radius 1 is 1.21 bits per heavy atom. The van der Waals surface area contributed by atoms with Crippen LogP contribution in [0.4, 0.5) is 4.39 Å². The summed E-state index contributed by atoms with van der Waals surface area (Å²) >= 11 is 6.38. The van der Waals surface area contributed by atoms with E-state index < -0.39 is 0 Å². The van der Waals surface area contributed by atoms with Crippen LogP contribution in [0.15, 0.2) is 42.5 Å². The molecule has 1 unspecified atom stereocenters. The van der Waals surface area contributed by atoms with Crippen molar-refractivity contribution in [3.63, 3.8) is 0 Å². The lowest BCUT2D eigenvalue weighted by Gasteiger charge is -2.21. The minimum atomic E-state index is -0.232. The third kappa shape index (κ3) is 3.14. The van der Waals surface area contributed by atoms with E-state index >= 15 is 0 Å². The van der Waals surface area contributed by atoms with Crippen molar-refractivity contribution in [1.29, 1.82) is 0 Å². The Morgan fingerprint density at radius 2 is 1.95 bits per heavy atom. The molecular formula is C16H17ClFN. The topological polar surface area (TPSA) is 12.0 Å². The van der Waals surface area contributed by atoms with E-state index in [9.17, 15) is 4.39 Å². The predicted octanol–water partition coefficient (Wildman–Crippen LogP) is 4.49. The van der Waals surface area contributed by atoms with E-state index in [2.05, 4.69) is 5.32 Å². The number of nitrogens with one attached hydrogen (secondary N) is 1. The highest BCUT2D eigenvalue weighted by molar-refractivity contribution is 6.32. The Morgan fingerprint density at radius 3 is 2.63 bits per heavy atom. The number of aryl methyl sites for hydroxylation is 1. The molecule has 0 radical (unpaired) electrons. The van der Waals surface area contributed by atoms with Crippen LogP contribution >= 0.6 is 11.6 Å². The summed E-state index contributed by atoms with van der Waals surface area (Å²) in [7, 11) is 0. The van der Waals surface area contributed by atoms with E-state index in [4.69, 9.17) is 11.6 Å². The van der Waals surface area contributed by atoms with E-state index in [-0.39, 0.29) is 11.9 Å². The molecule has 0 saturated heterocycles. The van der Waals surface area contributed by atoms with Gasteiger partial charge in [-0.05, 0) is 42.3 Å². The Balaban J connectivity index is 2.48. The summed E-state index contributed by atoms with van der Waals surface area (Å²) in [6.07, 6.45) is 0. The van der Waals surface area contributed by atoms with Gasteiger partial charge in [0.2, 0.25) is 0 Å². The van der Waals surface area contributed by atoms with Crippen LogP contribution in [0.2, 0.25) is 5.02 Å². The zero-order valence-corrected chi connectivity index (χ0v) is 11.8. The van der Waals surface area contributed by atoms with Gasteiger partial charge in [0, 0.05) is 5.02 Å². The summed E-state index contributed by atoms with van der Waals surface area (Å²) in [5.74, 6) is -0.232. The predicted molar refractivity (Wildman–Crippen MR) is 78.1 cm³/mol. The summed E-state index contributed by atoms with van der Waals surface area (Å²) in [5, 5.41) is 4.09. The minimum Gasteiger partial charge on any atom is -0.306 e. The first-order valence-corrected chi connectivity index (χ1v) is 6.75. The molecule has 2 rings (SSSR count). The summed E-state index contributed by atoms with van der Waals surface area (Å²) in [5.41, 5.74) is 2.89. The molecule has 19 heavy (non-hydrogen) atoms. The first-order valence-electron chi connectivity index (χ1n) is 6.37. The van der Waals surface area contributed by atoms with Crippen LogP contribution in [-0.4, -0.2) is 6.54 Å². The van der Waals surface area contributed by atoms with Gasteiger partial charge in [-0.3, -0.25) is 0 Å². The van der Waals surface area contributed by atoms with Gasteiger partial charge in [0.25, 0.3) is 0 Å². The van der Waals surface area contributed by atoms with E-state index in [1.165, 1.54) is 6.07 Å². The lowest BCUT2D eigenvalue weighted by atomic mass is 9.97. The molecule has 0 amide bonds. The van der Waals surface area contributed by atoms with Crippen LogP contribution in [0, 0.1) is 12.7 Å². The SMILES string of the molecule is CCNC(c1cccc(F)c1)c1cccc(C)c1Cl. The van der Waals surface area contributed by atoms with Crippen molar-refractivity contribution in [2.75, 3.05) is 6.54 Å². The third-order valence-corrected chi connectivity index (χ3v) is 3.64. The molecule has 1 atom stereocenters. The van der Waals surface area contributed by atoms with Gasteiger partial charge in [0.05, 0.1) is 6.04 Å². The molecule has 0 aliphatic rings. The maximum Gasteiger partial charge on any atom is 0.123 e. The first kappa shape index (κ1) is 14.0. The second-order valence-electron chi connectivity index (χ2n) is 4.52. The minimum absolute atomic E-state index is 0.0897. The smallest absolute Gasteiger partial charge is 0.123 e. The molecule has 0 aliphatic heterocycles. The van der Waals surface area contributed by atoms with Crippen molar-refractivity contribution < 1.29 is 4.39 Å². The van der Waals surface area contributed by atoms with Gasteiger partial charge in [-0.15, -0.1) is 0 Å². The highest BCUT2D eigenvalue weighted by atomic mass is 35.5. The summed E-state index contributed by atoms with van der Waals surface area (Å²) in [6.45, 7) is 4.78. The zero-order valence-electron chi connectivity index (χ0n) is 11.1. The maximum absolute atomic E-state index is 13.4. The van der Waals surface area contributed by atoms with Gasteiger partial charge >= 0.3 is 0 Å². The van der Waals surface area contributed by atoms with E-state index in [1.54, 1.807) is 12.1 Å². The lowest BCUT2D eigenvalue weighted by Crippen LogP contribution is -2.22. The fourth-order valence-corrected chi connectivity index (χ4v) is 2.43. The van der Waals surface area contributed by atoms with Crippen LogP contribution in [0.3, 0.4) is 0 Å². The summed E-state index contributed by atoms with van der Waals surface area (Å²) in [6, 6.07) is 12.5. The zero-order chi connectivity index (χ0) is 13.8. The number of halogens is 2. The molecule has 1 nitrogen and oxygen atoms in total. The summed E-state index contributed by atoms with van der Waals surface area (Å²) < 4.78 is 13.4. The first-order chi connectivity index (χ1) is 9.13. The van der Waals surface area contributed by atoms with Crippen molar-refractivity contribution in [1.82, 2.24) is 5.32 Å². The molecule has 2 aromatic rings. The number of rotatable bonds is 4.